The fourth-order valence-electron chi connectivity index (χ4n) is 3.58. The molecule has 33 heavy (non-hydrogen) atoms. The van der Waals surface area contributed by atoms with Crippen molar-refractivity contribution in [2.75, 3.05) is 31.2 Å². The van der Waals surface area contributed by atoms with Gasteiger partial charge in [0.25, 0.3) is 11.6 Å². The van der Waals surface area contributed by atoms with Crippen molar-refractivity contribution in [2.45, 2.75) is 24.8 Å². The maximum atomic E-state index is 12.8. The summed E-state index contributed by atoms with van der Waals surface area (Å²) < 4.78 is 0. The van der Waals surface area contributed by atoms with Crippen LogP contribution in [-0.2, 0) is 9.59 Å². The molecular formula is C22H25N5O5S. The van der Waals surface area contributed by atoms with Gasteiger partial charge in [-0.1, -0.05) is 6.07 Å². The molecule has 1 saturated heterocycles. The largest absolute Gasteiger partial charge is 0.348 e. The van der Waals surface area contributed by atoms with Crippen LogP contribution in [0.25, 0.3) is 0 Å². The lowest BCUT2D eigenvalue weighted by Crippen LogP contribution is -2.43. The number of nitrogens with one attached hydrogen (secondary N) is 2. The van der Waals surface area contributed by atoms with Gasteiger partial charge in [0.05, 0.1) is 16.2 Å². The summed E-state index contributed by atoms with van der Waals surface area (Å²) in [5.74, 6) is -1.60. The van der Waals surface area contributed by atoms with Crippen molar-refractivity contribution in [3.8, 4) is 0 Å². The summed E-state index contributed by atoms with van der Waals surface area (Å²) in [5.41, 5.74) is 1.24. The molecule has 10 nitrogen and oxygen atoms in total. The smallest absolute Gasteiger partial charge is 0.313 e. The third-order valence-corrected chi connectivity index (χ3v) is 6.25. The van der Waals surface area contributed by atoms with E-state index in [0.29, 0.717) is 48.6 Å². The van der Waals surface area contributed by atoms with Gasteiger partial charge in [0.15, 0.2) is 0 Å². The second kappa shape index (κ2) is 10.9. The summed E-state index contributed by atoms with van der Waals surface area (Å²) in [6.07, 6.45) is 4.94. The van der Waals surface area contributed by atoms with Crippen LogP contribution >= 0.6 is 11.8 Å². The van der Waals surface area contributed by atoms with E-state index in [0.717, 1.165) is 0 Å². The number of anilines is 1. The summed E-state index contributed by atoms with van der Waals surface area (Å²) in [4.78, 5) is 53.6. The average Bonchev–Trinajstić information content (AvgIpc) is 2.83. The highest BCUT2D eigenvalue weighted by atomic mass is 32.2. The first-order valence-electron chi connectivity index (χ1n) is 10.4. The second-order valence-corrected chi connectivity index (χ2v) is 8.51. The molecule has 174 valence electrons. The Hall–Kier alpha value is -3.47. The minimum absolute atomic E-state index is 0.0540. The number of likely N-dealkylation sites (tertiary alicyclic amines) is 1. The van der Waals surface area contributed by atoms with E-state index in [1.807, 2.05) is 6.26 Å². The van der Waals surface area contributed by atoms with E-state index in [2.05, 4.69) is 15.6 Å². The number of amides is 3. The number of piperidine rings is 1. The molecule has 1 aromatic heterocycles. The molecule has 0 spiro atoms. The van der Waals surface area contributed by atoms with Crippen LogP contribution in [0.5, 0.6) is 0 Å². The molecule has 1 fully saturated rings. The van der Waals surface area contributed by atoms with Gasteiger partial charge in [-0.2, -0.15) is 0 Å². The third kappa shape index (κ3) is 6.07. The van der Waals surface area contributed by atoms with Gasteiger partial charge >= 0.3 is 11.8 Å². The van der Waals surface area contributed by atoms with Gasteiger partial charge < -0.3 is 15.5 Å². The molecule has 1 aliphatic heterocycles. The molecule has 0 atom stereocenters. The fraction of sp³-hybridized carbons (Fsp3) is 0.364. The summed E-state index contributed by atoms with van der Waals surface area (Å²) in [6.45, 7) is 3.10. The molecule has 11 heteroatoms. The van der Waals surface area contributed by atoms with Crippen LogP contribution in [0.15, 0.2) is 41.6 Å². The number of carbonyl (C=O) groups excluding carboxylic acids is 3. The Morgan fingerprint density at radius 3 is 2.61 bits per heavy atom. The number of non-ortho nitro benzene ring substituents is 1. The molecule has 1 aliphatic rings. The van der Waals surface area contributed by atoms with Gasteiger partial charge in [0.2, 0.25) is 0 Å². The summed E-state index contributed by atoms with van der Waals surface area (Å²) in [7, 11) is 0. The number of aryl methyl sites for hydroxylation is 1. The van der Waals surface area contributed by atoms with Crippen LogP contribution in [0.3, 0.4) is 0 Å². The minimum atomic E-state index is -0.882. The lowest BCUT2D eigenvalue weighted by Gasteiger charge is -2.32. The number of benzene rings is 1. The molecule has 0 radical (unpaired) electrons. The summed E-state index contributed by atoms with van der Waals surface area (Å²) >= 11 is 1.43. The van der Waals surface area contributed by atoms with Crippen molar-refractivity contribution < 1.29 is 19.3 Å². The molecule has 0 saturated carbocycles. The van der Waals surface area contributed by atoms with Gasteiger partial charge in [-0.15, -0.1) is 11.8 Å². The Morgan fingerprint density at radius 1 is 1.21 bits per heavy atom. The molecular weight excluding hydrogens is 446 g/mol. The Labute approximate surface area is 195 Å². The lowest BCUT2D eigenvalue weighted by atomic mass is 9.96. The predicted molar refractivity (Wildman–Crippen MR) is 124 cm³/mol. The number of nitrogens with zero attached hydrogens (tertiary/aromatic N) is 3. The number of nitro benzene ring substituents is 1. The van der Waals surface area contributed by atoms with E-state index < -0.39 is 16.7 Å². The monoisotopic (exact) mass is 471 g/mol. The fourth-order valence-corrected chi connectivity index (χ4v) is 4.12. The molecule has 3 rings (SSSR count). The van der Waals surface area contributed by atoms with Gasteiger partial charge in [0, 0.05) is 38.0 Å². The van der Waals surface area contributed by atoms with E-state index in [9.17, 15) is 24.5 Å². The molecule has 2 heterocycles. The normalized spacial score (nSPS) is 13.9. The van der Waals surface area contributed by atoms with Gasteiger partial charge in [-0.3, -0.25) is 24.5 Å². The van der Waals surface area contributed by atoms with E-state index in [1.165, 1.54) is 30.0 Å². The van der Waals surface area contributed by atoms with Crippen LogP contribution in [0.2, 0.25) is 0 Å². The highest BCUT2D eigenvalue weighted by Gasteiger charge is 2.26. The average molecular weight is 472 g/mol. The van der Waals surface area contributed by atoms with Crippen molar-refractivity contribution in [3.63, 3.8) is 0 Å². The number of rotatable bonds is 6. The molecule has 3 amide bonds. The Balaban J connectivity index is 1.48. The van der Waals surface area contributed by atoms with Crippen LogP contribution in [-0.4, -0.2) is 58.4 Å². The number of nitro groups is 1. The Morgan fingerprint density at radius 2 is 1.94 bits per heavy atom. The summed E-state index contributed by atoms with van der Waals surface area (Å²) in [6, 6.07) is 7.58. The molecule has 1 aromatic carbocycles. The van der Waals surface area contributed by atoms with Crippen LogP contribution in [0, 0.1) is 23.0 Å². The predicted octanol–water partition coefficient (Wildman–Crippen LogP) is 2.63. The molecule has 2 N–H and O–H groups in total. The van der Waals surface area contributed by atoms with Crippen molar-refractivity contribution in [1.82, 2.24) is 15.2 Å². The number of carbonyl (C=O) groups is 3. The Bertz CT molecular complexity index is 1070. The van der Waals surface area contributed by atoms with Crippen molar-refractivity contribution in [3.05, 3.63) is 57.8 Å². The minimum Gasteiger partial charge on any atom is -0.348 e. The molecule has 0 bridgehead atoms. The van der Waals surface area contributed by atoms with Gasteiger partial charge in [-0.25, -0.2) is 4.98 Å². The zero-order valence-electron chi connectivity index (χ0n) is 18.4. The Kier molecular flexibility index (Phi) is 7.99. The summed E-state index contributed by atoms with van der Waals surface area (Å²) in [5, 5.41) is 16.7. The van der Waals surface area contributed by atoms with E-state index in [-0.39, 0.29) is 23.2 Å². The van der Waals surface area contributed by atoms with Gasteiger partial charge in [-0.05, 0) is 49.6 Å². The maximum absolute atomic E-state index is 12.8. The lowest BCUT2D eigenvalue weighted by molar-refractivity contribution is -0.384. The first-order chi connectivity index (χ1) is 15.8. The molecule has 0 aliphatic carbocycles. The maximum Gasteiger partial charge on any atom is 0.313 e. The topological polar surface area (TPSA) is 135 Å². The zero-order valence-corrected chi connectivity index (χ0v) is 19.2. The number of pyridine rings is 1. The highest BCUT2D eigenvalue weighted by molar-refractivity contribution is 7.98. The van der Waals surface area contributed by atoms with Crippen molar-refractivity contribution in [2.24, 2.45) is 5.92 Å². The number of aromatic nitrogens is 1. The number of hydrogen-bond donors (Lipinski definition) is 2. The van der Waals surface area contributed by atoms with E-state index in [4.69, 9.17) is 0 Å². The number of thioether (sulfide) groups is 1. The second-order valence-electron chi connectivity index (χ2n) is 7.72. The first-order valence-corrected chi connectivity index (χ1v) is 11.6. The van der Waals surface area contributed by atoms with E-state index >= 15 is 0 Å². The van der Waals surface area contributed by atoms with Crippen LogP contribution < -0.4 is 10.6 Å². The zero-order chi connectivity index (χ0) is 24.0. The number of hydrogen-bond acceptors (Lipinski definition) is 7. The molecule has 2 aromatic rings. The van der Waals surface area contributed by atoms with Crippen molar-refractivity contribution >= 4 is 40.9 Å². The van der Waals surface area contributed by atoms with Gasteiger partial charge in [0.1, 0.15) is 5.03 Å². The third-order valence-electron chi connectivity index (χ3n) is 5.53. The standard InChI is InChI=1S/C22H25N5O5S/c1-14-5-6-16(27(31)32)12-18(14)25-20(29)19(28)24-13-15-7-10-26(11-8-15)22(30)17-4-3-9-23-21(17)33-2/h3-6,9,12,15H,7-8,10-11,13H2,1-2H3,(H,24,28)(H,25,29). The van der Waals surface area contributed by atoms with Crippen LogP contribution in [0.4, 0.5) is 11.4 Å². The van der Waals surface area contributed by atoms with Crippen LogP contribution in [0.1, 0.15) is 28.8 Å². The SMILES string of the molecule is CSc1ncccc1C(=O)N1CCC(CNC(=O)C(=O)Nc2cc([N+](=O)[O-])ccc2C)CC1. The first kappa shape index (κ1) is 24.2. The highest BCUT2D eigenvalue weighted by Crippen LogP contribution is 2.23. The van der Waals surface area contributed by atoms with E-state index in [1.54, 1.807) is 30.2 Å². The van der Waals surface area contributed by atoms with Crippen molar-refractivity contribution in [1.29, 1.82) is 0 Å². The quantitative estimate of drug-likeness (QED) is 0.286. The molecule has 0 unspecified atom stereocenters.